The average molecular weight is 217 g/mol. The van der Waals surface area contributed by atoms with Crippen molar-refractivity contribution in [3.05, 3.63) is 28.8 Å². The van der Waals surface area contributed by atoms with Gasteiger partial charge in [-0.25, -0.2) is 0 Å². The Morgan fingerprint density at radius 2 is 1.73 bits per heavy atom. The minimum Gasteiger partial charge on any atom is -0.398 e. The van der Waals surface area contributed by atoms with E-state index in [9.17, 15) is 0 Å². The predicted molar refractivity (Wildman–Crippen MR) is 70.6 cm³/mol. The number of aryl methyl sites for hydroxylation is 2. The zero-order valence-corrected chi connectivity index (χ0v) is 11.2. The van der Waals surface area contributed by atoms with Crippen molar-refractivity contribution in [1.82, 2.24) is 0 Å². The molecule has 1 rings (SSSR count). The molecule has 0 saturated heterocycles. The van der Waals surface area contributed by atoms with E-state index < -0.39 is 8.07 Å². The molecule has 0 atom stereocenters. The van der Waals surface area contributed by atoms with Crippen molar-refractivity contribution in [3.63, 3.8) is 0 Å². The summed E-state index contributed by atoms with van der Waals surface area (Å²) in [7, 11) is -1.32. The van der Waals surface area contributed by atoms with Crippen LogP contribution in [0.2, 0.25) is 19.6 Å². The maximum atomic E-state index is 5.96. The molecule has 1 aromatic carbocycles. The van der Waals surface area contributed by atoms with E-state index in [0.717, 1.165) is 11.3 Å². The van der Waals surface area contributed by atoms with Crippen molar-refractivity contribution in [2.24, 2.45) is 0 Å². The third kappa shape index (κ3) is 3.45. The monoisotopic (exact) mass is 217 g/mol. The first-order chi connectivity index (χ1) is 6.79. The van der Waals surface area contributed by atoms with Gasteiger partial charge in [-0.1, -0.05) is 31.6 Å². The lowest BCUT2D eigenvalue weighted by Gasteiger charge is -2.07. The van der Waals surface area contributed by atoms with Gasteiger partial charge in [-0.15, -0.1) is 5.54 Å². The molecule has 0 unspecified atom stereocenters. The standard InChI is InChI=1S/C13H19NSi/c1-10-8-11(2)12(13(14)9-10)6-7-15(3,4)5/h8-9H,14H2,1-5H3. The highest BCUT2D eigenvalue weighted by molar-refractivity contribution is 6.83. The summed E-state index contributed by atoms with van der Waals surface area (Å²) in [5, 5.41) is 0. The Kier molecular flexibility index (Phi) is 3.26. The molecule has 0 saturated carbocycles. The second-order valence-electron chi connectivity index (χ2n) is 5.05. The molecule has 0 aromatic heterocycles. The average Bonchev–Trinajstić information content (AvgIpc) is 1.99. The van der Waals surface area contributed by atoms with Crippen LogP contribution >= 0.6 is 0 Å². The molecule has 0 aliphatic carbocycles. The molecule has 0 heterocycles. The summed E-state index contributed by atoms with van der Waals surface area (Å²) in [6.07, 6.45) is 0. The number of nitrogens with two attached hydrogens (primary N) is 1. The third-order valence-corrected chi connectivity index (χ3v) is 2.95. The van der Waals surface area contributed by atoms with Gasteiger partial charge in [-0.3, -0.25) is 0 Å². The Balaban J connectivity index is 3.20. The highest BCUT2D eigenvalue weighted by Gasteiger charge is 2.08. The first-order valence-electron chi connectivity index (χ1n) is 5.19. The van der Waals surface area contributed by atoms with Crippen LogP contribution in [0.25, 0.3) is 0 Å². The molecule has 0 bridgehead atoms. The van der Waals surface area contributed by atoms with Crippen molar-refractivity contribution >= 4 is 13.8 Å². The zero-order valence-electron chi connectivity index (χ0n) is 10.2. The van der Waals surface area contributed by atoms with Crippen LogP contribution in [0.1, 0.15) is 16.7 Å². The second-order valence-corrected chi connectivity index (χ2v) is 9.80. The Hall–Kier alpha value is -1.20. The molecule has 0 fully saturated rings. The highest BCUT2D eigenvalue weighted by Crippen LogP contribution is 2.18. The summed E-state index contributed by atoms with van der Waals surface area (Å²) < 4.78 is 0. The zero-order chi connectivity index (χ0) is 11.6. The van der Waals surface area contributed by atoms with Gasteiger partial charge in [0.1, 0.15) is 8.07 Å². The molecule has 1 nitrogen and oxygen atoms in total. The summed E-state index contributed by atoms with van der Waals surface area (Å²) >= 11 is 0. The Labute approximate surface area is 93.7 Å². The fourth-order valence-electron chi connectivity index (χ4n) is 1.42. The van der Waals surface area contributed by atoms with Gasteiger partial charge in [0.05, 0.1) is 0 Å². The van der Waals surface area contributed by atoms with E-state index in [1.165, 1.54) is 11.1 Å². The Bertz CT molecular complexity index is 407. The maximum absolute atomic E-state index is 5.96. The molecule has 0 aliphatic rings. The maximum Gasteiger partial charge on any atom is 0.129 e. The van der Waals surface area contributed by atoms with Gasteiger partial charge in [0.25, 0.3) is 0 Å². The molecule has 0 amide bonds. The van der Waals surface area contributed by atoms with Crippen molar-refractivity contribution in [2.45, 2.75) is 33.5 Å². The van der Waals surface area contributed by atoms with E-state index in [1.807, 2.05) is 6.07 Å². The van der Waals surface area contributed by atoms with E-state index in [0.29, 0.717) is 0 Å². The Morgan fingerprint density at radius 1 is 1.13 bits per heavy atom. The number of hydrogen-bond donors (Lipinski definition) is 1. The molecule has 2 heteroatoms. The minimum atomic E-state index is -1.32. The van der Waals surface area contributed by atoms with Gasteiger partial charge < -0.3 is 5.73 Å². The summed E-state index contributed by atoms with van der Waals surface area (Å²) in [6, 6.07) is 4.12. The first-order valence-corrected chi connectivity index (χ1v) is 8.69. The third-order valence-electron chi connectivity index (χ3n) is 2.07. The molecular weight excluding hydrogens is 198 g/mol. The van der Waals surface area contributed by atoms with Crippen LogP contribution < -0.4 is 5.73 Å². The normalized spacial score (nSPS) is 10.7. The lowest BCUT2D eigenvalue weighted by molar-refractivity contribution is 1.37. The summed E-state index contributed by atoms with van der Waals surface area (Å²) in [5.41, 5.74) is 13.5. The topological polar surface area (TPSA) is 26.0 Å². The van der Waals surface area contributed by atoms with Gasteiger partial charge in [0, 0.05) is 11.3 Å². The molecule has 2 N–H and O–H groups in total. The lowest BCUT2D eigenvalue weighted by Crippen LogP contribution is -2.16. The van der Waals surface area contributed by atoms with Gasteiger partial charge >= 0.3 is 0 Å². The Morgan fingerprint density at radius 3 is 2.20 bits per heavy atom. The summed E-state index contributed by atoms with van der Waals surface area (Å²) in [6.45, 7) is 10.8. The van der Waals surface area contributed by atoms with Crippen molar-refractivity contribution in [1.29, 1.82) is 0 Å². The van der Waals surface area contributed by atoms with Gasteiger partial charge in [-0.05, 0) is 31.0 Å². The largest absolute Gasteiger partial charge is 0.398 e. The van der Waals surface area contributed by atoms with E-state index in [1.54, 1.807) is 0 Å². The molecular formula is C13H19NSi. The van der Waals surface area contributed by atoms with E-state index >= 15 is 0 Å². The molecule has 0 radical (unpaired) electrons. The molecule has 15 heavy (non-hydrogen) atoms. The molecule has 1 aromatic rings. The van der Waals surface area contributed by atoms with Crippen molar-refractivity contribution in [2.75, 3.05) is 5.73 Å². The quantitative estimate of drug-likeness (QED) is 0.403. The van der Waals surface area contributed by atoms with Crippen molar-refractivity contribution in [3.8, 4) is 11.5 Å². The predicted octanol–water partition coefficient (Wildman–Crippen LogP) is 3.11. The van der Waals surface area contributed by atoms with Crippen LogP contribution in [0.3, 0.4) is 0 Å². The van der Waals surface area contributed by atoms with Crippen LogP contribution in [-0.4, -0.2) is 8.07 Å². The van der Waals surface area contributed by atoms with Crippen molar-refractivity contribution < 1.29 is 0 Å². The van der Waals surface area contributed by atoms with Crippen LogP contribution in [0.4, 0.5) is 5.69 Å². The van der Waals surface area contributed by atoms with Gasteiger partial charge in [-0.2, -0.15) is 0 Å². The molecule has 0 aliphatic heterocycles. The number of hydrogen-bond acceptors (Lipinski definition) is 1. The van der Waals surface area contributed by atoms with E-state index in [-0.39, 0.29) is 0 Å². The molecule has 80 valence electrons. The number of anilines is 1. The second kappa shape index (κ2) is 4.12. The van der Waals surface area contributed by atoms with E-state index in [4.69, 9.17) is 5.73 Å². The fraction of sp³-hybridized carbons (Fsp3) is 0.385. The summed E-state index contributed by atoms with van der Waals surface area (Å²) in [5.74, 6) is 3.24. The number of rotatable bonds is 0. The fourth-order valence-corrected chi connectivity index (χ4v) is 1.92. The SMILES string of the molecule is Cc1cc(C)c(C#C[Si](C)(C)C)c(N)c1. The lowest BCUT2D eigenvalue weighted by atomic mass is 10.0. The van der Waals surface area contributed by atoms with Crippen LogP contribution in [0, 0.1) is 25.3 Å². The van der Waals surface area contributed by atoms with Crippen LogP contribution in [0.15, 0.2) is 12.1 Å². The summed E-state index contributed by atoms with van der Waals surface area (Å²) in [4.78, 5) is 0. The van der Waals surface area contributed by atoms with Crippen LogP contribution in [-0.2, 0) is 0 Å². The minimum absolute atomic E-state index is 0.804. The number of benzene rings is 1. The number of nitrogen functional groups attached to an aromatic ring is 1. The van der Waals surface area contributed by atoms with Crippen LogP contribution in [0.5, 0.6) is 0 Å². The highest BCUT2D eigenvalue weighted by atomic mass is 28.3. The molecule has 0 spiro atoms. The van der Waals surface area contributed by atoms with Gasteiger partial charge in [0.15, 0.2) is 0 Å². The smallest absolute Gasteiger partial charge is 0.129 e. The van der Waals surface area contributed by atoms with E-state index in [2.05, 4.69) is 51.0 Å². The first kappa shape index (κ1) is 11.9. The van der Waals surface area contributed by atoms with Gasteiger partial charge in [0.2, 0.25) is 0 Å².